The van der Waals surface area contributed by atoms with Crippen LogP contribution < -0.4 is 10.2 Å². The van der Waals surface area contributed by atoms with Crippen molar-refractivity contribution in [1.29, 1.82) is 0 Å². The van der Waals surface area contributed by atoms with Gasteiger partial charge in [0, 0.05) is 31.9 Å². The average molecular weight is 288 g/mol. The molecular weight excluding hydrogens is 260 g/mol. The lowest BCUT2D eigenvalue weighted by Crippen LogP contribution is -2.44. The number of rotatable bonds is 5. The zero-order chi connectivity index (χ0) is 14.7. The summed E-state index contributed by atoms with van der Waals surface area (Å²) in [7, 11) is 0. The highest BCUT2D eigenvalue weighted by atomic mass is 15.3. The third kappa shape index (κ3) is 3.15. The van der Waals surface area contributed by atoms with Crippen LogP contribution in [0.25, 0.3) is 0 Å². The molecule has 0 saturated carbocycles. The van der Waals surface area contributed by atoms with Gasteiger partial charge in [-0.2, -0.15) is 0 Å². The molecule has 1 N–H and O–H groups in total. The van der Waals surface area contributed by atoms with Crippen LogP contribution in [0.5, 0.6) is 0 Å². The Balaban J connectivity index is 1.75. The van der Waals surface area contributed by atoms with Gasteiger partial charge in [0.15, 0.2) is 0 Å². The zero-order valence-corrected chi connectivity index (χ0v) is 13.2. The predicted molar refractivity (Wildman–Crippen MR) is 87.8 cm³/mol. The molecule has 2 aliphatic rings. The molecule has 21 heavy (non-hydrogen) atoms. The maximum Gasteiger partial charge on any atom is 0.206 e. The fourth-order valence-electron chi connectivity index (χ4n) is 3.79. The lowest BCUT2D eigenvalue weighted by molar-refractivity contribution is 0.325. The quantitative estimate of drug-likeness (QED) is 0.846. The fraction of sp³-hybridized carbons (Fsp3) is 0.706. The number of aromatic nitrogens is 2. The van der Waals surface area contributed by atoms with Crippen molar-refractivity contribution in [3.63, 3.8) is 0 Å². The molecular formula is C17H28N4. The second-order valence-electron chi connectivity index (χ2n) is 6.38. The third-order valence-corrected chi connectivity index (χ3v) is 4.90. The molecule has 2 fully saturated rings. The van der Waals surface area contributed by atoms with Crippen LogP contribution in [0.3, 0.4) is 0 Å². The minimum Gasteiger partial charge on any atom is -0.342 e. The lowest BCUT2D eigenvalue weighted by Gasteiger charge is -2.36. The number of nitrogens with zero attached hydrogens (tertiary/aromatic N) is 3. The summed E-state index contributed by atoms with van der Waals surface area (Å²) in [5.41, 5.74) is 1.19. The van der Waals surface area contributed by atoms with Crippen molar-refractivity contribution in [2.75, 3.05) is 24.5 Å². The van der Waals surface area contributed by atoms with Crippen molar-refractivity contribution < 1.29 is 0 Å². The van der Waals surface area contributed by atoms with Crippen molar-refractivity contribution in [3.05, 3.63) is 24.5 Å². The van der Waals surface area contributed by atoms with Crippen LogP contribution in [0.2, 0.25) is 0 Å². The van der Waals surface area contributed by atoms with Gasteiger partial charge in [-0.3, -0.25) is 0 Å². The Morgan fingerprint density at radius 2 is 2.33 bits per heavy atom. The Morgan fingerprint density at radius 3 is 3.05 bits per heavy atom. The molecule has 0 radical (unpaired) electrons. The summed E-state index contributed by atoms with van der Waals surface area (Å²) in [4.78, 5) is 7.35. The van der Waals surface area contributed by atoms with Crippen molar-refractivity contribution in [3.8, 4) is 0 Å². The molecule has 3 rings (SSSR count). The van der Waals surface area contributed by atoms with Gasteiger partial charge in [0.25, 0.3) is 0 Å². The Morgan fingerprint density at radius 1 is 1.43 bits per heavy atom. The fourth-order valence-corrected chi connectivity index (χ4v) is 3.79. The summed E-state index contributed by atoms with van der Waals surface area (Å²) in [5.74, 6) is 1.93. The van der Waals surface area contributed by atoms with E-state index in [9.17, 15) is 0 Å². The Hall–Kier alpha value is -1.29. The number of aryl methyl sites for hydroxylation is 1. The monoisotopic (exact) mass is 288 g/mol. The molecule has 0 bridgehead atoms. The van der Waals surface area contributed by atoms with Crippen LogP contribution in [0.4, 0.5) is 5.95 Å². The maximum absolute atomic E-state index is 4.85. The van der Waals surface area contributed by atoms with Crippen LogP contribution in [0, 0.1) is 5.92 Å². The van der Waals surface area contributed by atoms with Crippen LogP contribution >= 0.6 is 0 Å². The van der Waals surface area contributed by atoms with Crippen LogP contribution in [-0.2, 0) is 13.0 Å². The maximum atomic E-state index is 4.85. The van der Waals surface area contributed by atoms with Gasteiger partial charge in [-0.05, 0) is 44.6 Å². The van der Waals surface area contributed by atoms with Gasteiger partial charge in [-0.15, -0.1) is 6.58 Å². The first-order valence-electron chi connectivity index (χ1n) is 8.47. The van der Waals surface area contributed by atoms with E-state index in [1.165, 1.54) is 37.9 Å². The Bertz CT molecular complexity index is 473. The van der Waals surface area contributed by atoms with Crippen molar-refractivity contribution in [2.24, 2.45) is 5.92 Å². The van der Waals surface area contributed by atoms with E-state index in [-0.39, 0.29) is 0 Å². The van der Waals surface area contributed by atoms with Gasteiger partial charge in [0.2, 0.25) is 5.95 Å². The Kier molecular flexibility index (Phi) is 4.63. The molecule has 0 aromatic carbocycles. The predicted octanol–water partition coefficient (Wildman–Crippen LogP) is 2.60. The number of hydrogen-bond acceptors (Lipinski definition) is 3. The van der Waals surface area contributed by atoms with Crippen LogP contribution in [0.1, 0.15) is 38.3 Å². The van der Waals surface area contributed by atoms with E-state index in [4.69, 9.17) is 4.98 Å². The molecule has 0 spiro atoms. The van der Waals surface area contributed by atoms with E-state index in [0.29, 0.717) is 0 Å². The first-order chi connectivity index (χ1) is 10.3. The van der Waals surface area contributed by atoms with Gasteiger partial charge in [-0.1, -0.05) is 13.0 Å². The normalized spacial score (nSPS) is 26.2. The number of nitrogens with one attached hydrogen (secondary N) is 1. The molecule has 0 amide bonds. The minimum atomic E-state index is 0.723. The van der Waals surface area contributed by atoms with Crippen molar-refractivity contribution >= 4 is 5.95 Å². The molecule has 3 heterocycles. The highest BCUT2D eigenvalue weighted by Gasteiger charge is 2.30. The van der Waals surface area contributed by atoms with Crippen molar-refractivity contribution in [1.82, 2.24) is 14.9 Å². The summed E-state index contributed by atoms with van der Waals surface area (Å²) in [6, 6.07) is 0.723. The van der Waals surface area contributed by atoms with Crippen LogP contribution in [-0.4, -0.2) is 35.2 Å². The minimum absolute atomic E-state index is 0.723. The topological polar surface area (TPSA) is 33.1 Å². The van der Waals surface area contributed by atoms with Gasteiger partial charge < -0.3 is 14.8 Å². The largest absolute Gasteiger partial charge is 0.342 e. The van der Waals surface area contributed by atoms with E-state index >= 15 is 0 Å². The molecule has 2 aliphatic heterocycles. The highest BCUT2D eigenvalue weighted by molar-refractivity contribution is 5.35. The highest BCUT2D eigenvalue weighted by Crippen LogP contribution is 2.28. The molecule has 1 aromatic rings. The van der Waals surface area contributed by atoms with E-state index in [1.807, 2.05) is 6.08 Å². The molecule has 2 unspecified atom stereocenters. The SMILES string of the molecule is C=CCn1cc(CC)nc1N1CCCC(C2CCCN2)C1. The van der Waals surface area contributed by atoms with Gasteiger partial charge in [-0.25, -0.2) is 4.98 Å². The van der Waals surface area contributed by atoms with Crippen molar-refractivity contribution in [2.45, 2.75) is 51.6 Å². The number of anilines is 1. The first kappa shape index (κ1) is 14.6. The smallest absolute Gasteiger partial charge is 0.206 e. The molecule has 0 aliphatic carbocycles. The summed E-state index contributed by atoms with van der Waals surface area (Å²) in [6.45, 7) is 10.4. The summed E-state index contributed by atoms with van der Waals surface area (Å²) in [6.07, 6.45) is 10.5. The standard InChI is InChI=1S/C17H28N4/c1-3-10-20-13-15(4-2)19-17(20)21-11-6-7-14(12-21)16-8-5-9-18-16/h3,13-14,16,18H,1,4-12H2,2H3. The molecule has 2 saturated heterocycles. The van der Waals surface area contributed by atoms with Gasteiger partial charge in [0.05, 0.1) is 5.69 Å². The number of imidazole rings is 1. The summed E-state index contributed by atoms with van der Waals surface area (Å²) in [5, 5.41) is 3.68. The van der Waals surface area contributed by atoms with Gasteiger partial charge in [0.1, 0.15) is 0 Å². The number of hydrogen-bond donors (Lipinski definition) is 1. The summed E-state index contributed by atoms with van der Waals surface area (Å²) >= 11 is 0. The van der Waals surface area contributed by atoms with Gasteiger partial charge >= 0.3 is 0 Å². The molecule has 4 nitrogen and oxygen atoms in total. The molecule has 4 heteroatoms. The molecule has 1 aromatic heterocycles. The number of piperidine rings is 1. The van der Waals surface area contributed by atoms with Crippen LogP contribution in [0.15, 0.2) is 18.9 Å². The second kappa shape index (κ2) is 6.65. The Labute approximate surface area is 128 Å². The first-order valence-corrected chi connectivity index (χ1v) is 8.47. The lowest BCUT2D eigenvalue weighted by atomic mass is 9.90. The van der Waals surface area contributed by atoms with E-state index < -0.39 is 0 Å². The summed E-state index contributed by atoms with van der Waals surface area (Å²) < 4.78 is 2.26. The van der Waals surface area contributed by atoms with E-state index in [2.05, 4.69) is 34.5 Å². The zero-order valence-electron chi connectivity index (χ0n) is 13.2. The van der Waals surface area contributed by atoms with E-state index in [0.717, 1.165) is 44.0 Å². The molecule has 2 atom stereocenters. The average Bonchev–Trinajstić information content (AvgIpc) is 3.17. The second-order valence-corrected chi connectivity index (χ2v) is 6.38. The third-order valence-electron chi connectivity index (χ3n) is 4.90. The number of allylic oxidation sites excluding steroid dienone is 1. The molecule has 116 valence electrons. The van der Waals surface area contributed by atoms with E-state index in [1.54, 1.807) is 0 Å².